The van der Waals surface area contributed by atoms with E-state index in [9.17, 15) is 24.5 Å². The molecule has 2 fully saturated rings. The van der Waals surface area contributed by atoms with Crippen molar-refractivity contribution < 1.29 is 28.8 Å². The third-order valence-corrected chi connectivity index (χ3v) is 7.82. The minimum Gasteiger partial charge on any atom is -0.457 e. The summed E-state index contributed by atoms with van der Waals surface area (Å²) >= 11 is 0. The maximum absolute atomic E-state index is 13.1. The standard InChI is InChI=1S/C30H24N2O7/c1-17-14-20-15-25(17)27-26(20)28(33)31(29(27)34)21-6-4-19(5-7-21)30(35)38-16-18-2-10-23(11-3-18)39-24-12-8-22(9-13-24)32(36)37/h2-14,20,25-27H,15-16H2,1H3/t20-,25+,26+,27-/m0/s1. The second-order valence-electron chi connectivity index (χ2n) is 10.1. The minimum atomic E-state index is -0.526. The number of carbonyl (C=O) groups excluding carboxylic acids is 3. The van der Waals surface area contributed by atoms with Gasteiger partial charge in [0.25, 0.3) is 5.69 Å². The molecule has 4 atom stereocenters. The van der Waals surface area contributed by atoms with Gasteiger partial charge in [-0.15, -0.1) is 0 Å². The van der Waals surface area contributed by atoms with Crippen molar-refractivity contribution in [1.29, 1.82) is 0 Å². The SMILES string of the molecule is CC1=C[C@H]2C[C@H]1[C@@H]1C(=O)N(c3ccc(C(=O)OCc4ccc(Oc5ccc([N+](=O)[O-])cc5)cc4)cc3)C(=O)[C@@H]12. The van der Waals surface area contributed by atoms with E-state index in [1.165, 1.54) is 34.7 Å². The molecular weight excluding hydrogens is 500 g/mol. The lowest BCUT2D eigenvalue weighted by Crippen LogP contribution is -2.32. The van der Waals surface area contributed by atoms with E-state index >= 15 is 0 Å². The Morgan fingerprint density at radius 3 is 2.18 bits per heavy atom. The van der Waals surface area contributed by atoms with Crippen molar-refractivity contribution in [3.8, 4) is 11.5 Å². The minimum absolute atomic E-state index is 0.0196. The number of anilines is 1. The molecule has 0 spiro atoms. The number of ether oxygens (including phenoxy) is 2. The highest BCUT2D eigenvalue weighted by Gasteiger charge is 2.60. The monoisotopic (exact) mass is 524 g/mol. The van der Waals surface area contributed by atoms with E-state index in [4.69, 9.17) is 9.47 Å². The maximum atomic E-state index is 13.1. The number of hydrogen-bond donors (Lipinski definition) is 0. The van der Waals surface area contributed by atoms with Crippen molar-refractivity contribution in [3.63, 3.8) is 0 Å². The van der Waals surface area contributed by atoms with Gasteiger partial charge in [0, 0.05) is 12.1 Å². The number of nitro benzene ring substituents is 1. The summed E-state index contributed by atoms with van der Waals surface area (Å²) in [6, 6.07) is 19.0. The fraction of sp³-hybridized carbons (Fsp3) is 0.233. The molecule has 2 amide bonds. The lowest BCUT2D eigenvalue weighted by molar-refractivity contribution is -0.384. The number of amides is 2. The van der Waals surface area contributed by atoms with E-state index in [0.29, 0.717) is 22.7 Å². The van der Waals surface area contributed by atoms with Crippen LogP contribution in [0.15, 0.2) is 84.4 Å². The van der Waals surface area contributed by atoms with Crippen molar-refractivity contribution in [3.05, 3.63) is 106 Å². The van der Waals surface area contributed by atoms with Crippen LogP contribution in [0.2, 0.25) is 0 Å². The van der Waals surface area contributed by atoms with Crippen molar-refractivity contribution in [2.24, 2.45) is 23.7 Å². The van der Waals surface area contributed by atoms with Gasteiger partial charge >= 0.3 is 5.97 Å². The Morgan fingerprint density at radius 2 is 1.54 bits per heavy atom. The number of benzene rings is 3. The van der Waals surface area contributed by atoms with E-state index in [1.54, 1.807) is 48.5 Å². The van der Waals surface area contributed by atoms with Crippen LogP contribution < -0.4 is 9.64 Å². The summed E-state index contributed by atoms with van der Waals surface area (Å²) < 4.78 is 11.1. The molecule has 6 rings (SSSR count). The zero-order valence-corrected chi connectivity index (χ0v) is 21.0. The summed E-state index contributed by atoms with van der Waals surface area (Å²) in [5.74, 6) is -0.103. The number of allylic oxidation sites excluding steroid dienone is 2. The van der Waals surface area contributed by atoms with Gasteiger partial charge in [-0.25, -0.2) is 4.79 Å². The van der Waals surface area contributed by atoms with Gasteiger partial charge in [0.15, 0.2) is 0 Å². The molecule has 3 aromatic rings. The van der Waals surface area contributed by atoms with Gasteiger partial charge in [0.2, 0.25) is 11.8 Å². The molecule has 9 nitrogen and oxygen atoms in total. The lowest BCUT2D eigenvalue weighted by atomic mass is 9.82. The smallest absolute Gasteiger partial charge is 0.338 e. The molecule has 1 saturated carbocycles. The van der Waals surface area contributed by atoms with Crippen molar-refractivity contribution in [2.45, 2.75) is 20.0 Å². The first-order valence-electron chi connectivity index (χ1n) is 12.6. The summed E-state index contributed by atoms with van der Waals surface area (Å²) in [5, 5.41) is 10.8. The summed E-state index contributed by atoms with van der Waals surface area (Å²) in [5.41, 5.74) is 2.71. The lowest BCUT2D eigenvalue weighted by Gasteiger charge is -2.19. The van der Waals surface area contributed by atoms with Crippen LogP contribution in [-0.2, 0) is 20.9 Å². The van der Waals surface area contributed by atoms with E-state index in [-0.39, 0.29) is 47.8 Å². The molecule has 3 aliphatic rings. The number of rotatable bonds is 7. The van der Waals surface area contributed by atoms with Crippen molar-refractivity contribution in [1.82, 2.24) is 0 Å². The normalized spacial score (nSPS) is 23.0. The van der Waals surface area contributed by atoms with E-state index in [0.717, 1.165) is 12.0 Å². The number of imide groups is 1. The predicted octanol–water partition coefficient (Wildman–Crippen LogP) is 5.45. The van der Waals surface area contributed by atoms with Crippen LogP contribution in [0.25, 0.3) is 0 Å². The second kappa shape index (κ2) is 9.50. The van der Waals surface area contributed by atoms with Crippen LogP contribution in [-0.4, -0.2) is 22.7 Å². The number of fused-ring (bicyclic) bond motifs is 5. The fourth-order valence-electron chi connectivity index (χ4n) is 5.93. The summed E-state index contributed by atoms with van der Waals surface area (Å²) in [6.45, 7) is 2.08. The van der Waals surface area contributed by atoms with E-state index < -0.39 is 10.9 Å². The first-order valence-corrected chi connectivity index (χ1v) is 12.6. The summed E-state index contributed by atoms with van der Waals surface area (Å²) in [4.78, 5) is 50.4. The molecule has 2 aliphatic carbocycles. The Hall–Kier alpha value is -4.79. The van der Waals surface area contributed by atoms with Gasteiger partial charge in [0.1, 0.15) is 18.1 Å². The van der Waals surface area contributed by atoms with Crippen LogP contribution in [0.5, 0.6) is 11.5 Å². The van der Waals surface area contributed by atoms with Gasteiger partial charge in [-0.05, 0) is 79.3 Å². The number of nitrogens with zero attached hydrogens (tertiary/aromatic N) is 2. The molecule has 9 heteroatoms. The number of nitro groups is 1. The first-order chi connectivity index (χ1) is 18.8. The van der Waals surface area contributed by atoms with Gasteiger partial charge in [-0.1, -0.05) is 23.8 Å². The third kappa shape index (κ3) is 4.35. The highest BCUT2D eigenvalue weighted by atomic mass is 16.6. The Morgan fingerprint density at radius 1 is 0.923 bits per heavy atom. The molecule has 1 saturated heterocycles. The third-order valence-electron chi connectivity index (χ3n) is 7.82. The Kier molecular flexibility index (Phi) is 5.98. The Balaban J connectivity index is 1.05. The molecule has 39 heavy (non-hydrogen) atoms. The average molecular weight is 525 g/mol. The molecule has 0 unspecified atom stereocenters. The number of esters is 1. The zero-order chi connectivity index (χ0) is 27.3. The number of carbonyl (C=O) groups is 3. The van der Waals surface area contributed by atoms with Gasteiger partial charge in [0.05, 0.1) is 28.0 Å². The number of hydrogen-bond acceptors (Lipinski definition) is 7. The summed E-state index contributed by atoms with van der Waals surface area (Å²) in [7, 11) is 0. The first kappa shape index (κ1) is 24.5. The van der Waals surface area contributed by atoms with E-state index in [1.807, 2.05) is 6.92 Å². The highest BCUT2D eigenvalue weighted by Crippen LogP contribution is 2.55. The Labute approximate surface area is 223 Å². The maximum Gasteiger partial charge on any atom is 0.338 e. The quantitative estimate of drug-likeness (QED) is 0.133. The topological polar surface area (TPSA) is 116 Å². The van der Waals surface area contributed by atoms with Crippen molar-refractivity contribution in [2.75, 3.05) is 4.90 Å². The molecule has 2 bridgehead atoms. The van der Waals surface area contributed by atoms with Gasteiger partial charge in [-0.2, -0.15) is 0 Å². The number of non-ortho nitro benzene ring substituents is 1. The summed E-state index contributed by atoms with van der Waals surface area (Å²) in [6.07, 6.45) is 3.02. The van der Waals surface area contributed by atoms with Crippen LogP contribution in [0.3, 0.4) is 0 Å². The zero-order valence-electron chi connectivity index (χ0n) is 21.0. The van der Waals surface area contributed by atoms with Gasteiger partial charge in [-0.3, -0.25) is 24.6 Å². The average Bonchev–Trinajstić information content (AvgIpc) is 3.58. The molecular formula is C30H24N2O7. The highest BCUT2D eigenvalue weighted by molar-refractivity contribution is 6.23. The van der Waals surface area contributed by atoms with Gasteiger partial charge < -0.3 is 9.47 Å². The van der Waals surface area contributed by atoms with Crippen molar-refractivity contribution >= 4 is 29.2 Å². The van der Waals surface area contributed by atoms with Crippen LogP contribution in [0, 0.1) is 33.8 Å². The van der Waals surface area contributed by atoms with Crippen LogP contribution in [0.4, 0.5) is 11.4 Å². The van der Waals surface area contributed by atoms with E-state index in [2.05, 4.69) is 6.08 Å². The molecule has 0 N–H and O–H groups in total. The van der Waals surface area contributed by atoms with Crippen LogP contribution >= 0.6 is 0 Å². The Bertz CT molecular complexity index is 1510. The molecule has 196 valence electrons. The predicted molar refractivity (Wildman–Crippen MR) is 140 cm³/mol. The fourth-order valence-corrected chi connectivity index (χ4v) is 5.93. The molecule has 1 heterocycles. The molecule has 0 aromatic heterocycles. The van der Waals surface area contributed by atoms with Crippen LogP contribution in [0.1, 0.15) is 29.3 Å². The molecule has 0 radical (unpaired) electrons. The largest absolute Gasteiger partial charge is 0.457 e. The molecule has 3 aromatic carbocycles. The second-order valence-corrected chi connectivity index (χ2v) is 10.1. The molecule has 1 aliphatic heterocycles.